The minimum absolute atomic E-state index is 0.0286. The number of nitrogens with two attached hydrogens (primary N) is 1. The molecule has 2 atom stereocenters. The Balaban J connectivity index is 1.79. The lowest BCUT2D eigenvalue weighted by Gasteiger charge is -2.21. The molecule has 1 aliphatic carbocycles. The average molecular weight is 287 g/mol. The van der Waals surface area contributed by atoms with Gasteiger partial charge in [0.25, 0.3) is 0 Å². The van der Waals surface area contributed by atoms with E-state index in [0.717, 1.165) is 31.4 Å². The van der Waals surface area contributed by atoms with Gasteiger partial charge in [0.15, 0.2) is 0 Å². The number of benzene rings is 1. The summed E-state index contributed by atoms with van der Waals surface area (Å²) in [7, 11) is 0. The first kappa shape index (κ1) is 14.1. The van der Waals surface area contributed by atoms with Crippen molar-refractivity contribution in [2.45, 2.75) is 38.1 Å². The summed E-state index contributed by atoms with van der Waals surface area (Å²) in [6.45, 7) is 0.717. The first-order valence-electron chi connectivity index (χ1n) is 7.62. The van der Waals surface area contributed by atoms with Crippen molar-refractivity contribution in [2.75, 3.05) is 16.8 Å². The standard InChI is InChI=1S/C16H21N3O2/c17-12-6-3-5-11(12)16(21)18-13-7-1-2-8-14(13)19-10-4-9-15(19)20/h1-2,7-8,11-12H,3-6,9-10,17H2,(H,18,21). The van der Waals surface area contributed by atoms with Gasteiger partial charge in [0.1, 0.15) is 0 Å². The molecule has 0 radical (unpaired) electrons. The van der Waals surface area contributed by atoms with E-state index in [1.807, 2.05) is 24.3 Å². The third-order valence-corrected chi connectivity index (χ3v) is 4.43. The first-order chi connectivity index (χ1) is 10.2. The van der Waals surface area contributed by atoms with Crippen molar-refractivity contribution in [3.05, 3.63) is 24.3 Å². The molecule has 0 aromatic heterocycles. The van der Waals surface area contributed by atoms with Crippen LogP contribution in [-0.4, -0.2) is 24.4 Å². The predicted octanol–water partition coefficient (Wildman–Crippen LogP) is 1.88. The maximum absolute atomic E-state index is 12.4. The molecule has 2 aliphatic rings. The van der Waals surface area contributed by atoms with Gasteiger partial charge < -0.3 is 16.0 Å². The Bertz CT molecular complexity index is 558. The van der Waals surface area contributed by atoms with E-state index in [9.17, 15) is 9.59 Å². The topological polar surface area (TPSA) is 75.4 Å². The highest BCUT2D eigenvalue weighted by Gasteiger charge is 2.31. The molecule has 1 heterocycles. The van der Waals surface area contributed by atoms with Crippen LogP contribution in [0.15, 0.2) is 24.3 Å². The Labute approximate surface area is 124 Å². The van der Waals surface area contributed by atoms with Crippen LogP contribution in [0.5, 0.6) is 0 Å². The highest BCUT2D eigenvalue weighted by molar-refractivity contribution is 6.02. The molecule has 2 fully saturated rings. The number of hydrogen-bond donors (Lipinski definition) is 2. The van der Waals surface area contributed by atoms with Crippen LogP contribution in [0, 0.1) is 5.92 Å². The van der Waals surface area contributed by atoms with Crippen LogP contribution >= 0.6 is 0 Å². The minimum Gasteiger partial charge on any atom is -0.327 e. The van der Waals surface area contributed by atoms with E-state index in [4.69, 9.17) is 5.73 Å². The summed E-state index contributed by atoms with van der Waals surface area (Å²) in [4.78, 5) is 26.0. The van der Waals surface area contributed by atoms with Crippen molar-refractivity contribution < 1.29 is 9.59 Å². The Morgan fingerprint density at radius 1 is 1.24 bits per heavy atom. The molecule has 1 saturated carbocycles. The predicted molar refractivity (Wildman–Crippen MR) is 82.0 cm³/mol. The highest BCUT2D eigenvalue weighted by Crippen LogP contribution is 2.31. The van der Waals surface area contributed by atoms with Gasteiger partial charge in [-0.05, 0) is 31.4 Å². The van der Waals surface area contributed by atoms with E-state index in [0.29, 0.717) is 18.7 Å². The van der Waals surface area contributed by atoms with Gasteiger partial charge in [-0.1, -0.05) is 18.6 Å². The Morgan fingerprint density at radius 2 is 2.05 bits per heavy atom. The van der Waals surface area contributed by atoms with Gasteiger partial charge in [-0.3, -0.25) is 9.59 Å². The number of nitrogens with one attached hydrogen (secondary N) is 1. The first-order valence-corrected chi connectivity index (χ1v) is 7.62. The van der Waals surface area contributed by atoms with Crippen molar-refractivity contribution in [3.63, 3.8) is 0 Å². The summed E-state index contributed by atoms with van der Waals surface area (Å²) in [5.74, 6) is -0.0271. The van der Waals surface area contributed by atoms with Crippen molar-refractivity contribution in [2.24, 2.45) is 11.7 Å². The smallest absolute Gasteiger partial charge is 0.229 e. The molecule has 112 valence electrons. The van der Waals surface area contributed by atoms with Crippen LogP contribution in [0.25, 0.3) is 0 Å². The fourth-order valence-electron chi connectivity index (χ4n) is 3.26. The summed E-state index contributed by atoms with van der Waals surface area (Å²) < 4.78 is 0. The Morgan fingerprint density at radius 3 is 2.71 bits per heavy atom. The zero-order chi connectivity index (χ0) is 14.8. The number of hydrogen-bond acceptors (Lipinski definition) is 3. The lowest BCUT2D eigenvalue weighted by Crippen LogP contribution is -2.35. The van der Waals surface area contributed by atoms with Gasteiger partial charge in [0.05, 0.1) is 17.3 Å². The zero-order valence-corrected chi connectivity index (χ0v) is 12.0. The molecular formula is C16H21N3O2. The molecule has 0 spiro atoms. The Kier molecular flexibility index (Phi) is 3.92. The molecule has 2 amide bonds. The van der Waals surface area contributed by atoms with E-state index in [1.165, 1.54) is 0 Å². The van der Waals surface area contributed by atoms with E-state index in [-0.39, 0.29) is 23.8 Å². The van der Waals surface area contributed by atoms with Gasteiger partial charge in [0, 0.05) is 19.0 Å². The molecular weight excluding hydrogens is 266 g/mol. The van der Waals surface area contributed by atoms with Gasteiger partial charge in [0.2, 0.25) is 11.8 Å². The van der Waals surface area contributed by atoms with Gasteiger partial charge in [-0.2, -0.15) is 0 Å². The fraction of sp³-hybridized carbons (Fsp3) is 0.500. The van der Waals surface area contributed by atoms with Crippen LogP contribution in [0.1, 0.15) is 32.1 Å². The van der Waals surface area contributed by atoms with Crippen LogP contribution in [0.2, 0.25) is 0 Å². The number of amides is 2. The molecule has 2 unspecified atom stereocenters. The quantitative estimate of drug-likeness (QED) is 0.891. The maximum Gasteiger partial charge on any atom is 0.229 e. The number of para-hydroxylation sites is 2. The van der Waals surface area contributed by atoms with Crippen LogP contribution in [0.4, 0.5) is 11.4 Å². The zero-order valence-electron chi connectivity index (χ0n) is 12.0. The molecule has 1 saturated heterocycles. The van der Waals surface area contributed by atoms with Crippen molar-refractivity contribution in [1.82, 2.24) is 0 Å². The molecule has 0 bridgehead atoms. The van der Waals surface area contributed by atoms with Crippen LogP contribution < -0.4 is 16.0 Å². The number of anilines is 2. The summed E-state index contributed by atoms with van der Waals surface area (Å²) in [6, 6.07) is 7.43. The van der Waals surface area contributed by atoms with E-state index in [2.05, 4.69) is 5.32 Å². The number of nitrogens with zero attached hydrogens (tertiary/aromatic N) is 1. The second kappa shape index (κ2) is 5.85. The molecule has 1 aromatic carbocycles. The minimum atomic E-state index is -0.118. The number of carbonyl (C=O) groups excluding carboxylic acids is 2. The second-order valence-corrected chi connectivity index (χ2v) is 5.86. The molecule has 3 rings (SSSR count). The summed E-state index contributed by atoms with van der Waals surface area (Å²) in [6.07, 6.45) is 4.21. The van der Waals surface area contributed by atoms with Crippen molar-refractivity contribution in [1.29, 1.82) is 0 Å². The maximum atomic E-state index is 12.4. The van der Waals surface area contributed by atoms with Gasteiger partial charge in [-0.15, -0.1) is 0 Å². The van der Waals surface area contributed by atoms with E-state index >= 15 is 0 Å². The second-order valence-electron chi connectivity index (χ2n) is 5.86. The van der Waals surface area contributed by atoms with E-state index in [1.54, 1.807) is 4.90 Å². The largest absolute Gasteiger partial charge is 0.327 e. The Hall–Kier alpha value is -1.88. The van der Waals surface area contributed by atoms with Crippen LogP contribution in [-0.2, 0) is 9.59 Å². The lowest BCUT2D eigenvalue weighted by atomic mass is 10.0. The van der Waals surface area contributed by atoms with Crippen molar-refractivity contribution >= 4 is 23.2 Å². The van der Waals surface area contributed by atoms with Crippen LogP contribution in [0.3, 0.4) is 0 Å². The molecule has 1 aliphatic heterocycles. The normalized spacial score (nSPS) is 25.4. The lowest BCUT2D eigenvalue weighted by molar-refractivity contribution is -0.120. The SMILES string of the molecule is NC1CCCC1C(=O)Nc1ccccc1N1CCCC1=O. The van der Waals surface area contributed by atoms with E-state index < -0.39 is 0 Å². The molecule has 3 N–H and O–H groups in total. The summed E-state index contributed by atoms with van der Waals surface area (Å²) in [5.41, 5.74) is 7.49. The number of carbonyl (C=O) groups is 2. The highest BCUT2D eigenvalue weighted by atomic mass is 16.2. The average Bonchev–Trinajstić information content (AvgIpc) is 3.08. The molecule has 21 heavy (non-hydrogen) atoms. The van der Waals surface area contributed by atoms with Crippen molar-refractivity contribution in [3.8, 4) is 0 Å². The third-order valence-electron chi connectivity index (χ3n) is 4.43. The van der Waals surface area contributed by atoms with Gasteiger partial charge >= 0.3 is 0 Å². The fourth-order valence-corrected chi connectivity index (χ4v) is 3.26. The molecule has 5 nitrogen and oxygen atoms in total. The summed E-state index contributed by atoms with van der Waals surface area (Å²) in [5, 5.41) is 2.97. The van der Waals surface area contributed by atoms with Gasteiger partial charge in [-0.25, -0.2) is 0 Å². The molecule has 1 aromatic rings. The molecule has 5 heteroatoms. The number of rotatable bonds is 3. The monoisotopic (exact) mass is 287 g/mol. The third kappa shape index (κ3) is 2.78. The summed E-state index contributed by atoms with van der Waals surface area (Å²) >= 11 is 0.